The molecule has 0 spiro atoms. The van der Waals surface area contributed by atoms with Crippen LogP contribution >= 0.6 is 15.9 Å². The van der Waals surface area contributed by atoms with E-state index in [1.807, 2.05) is 6.07 Å². The van der Waals surface area contributed by atoms with Gasteiger partial charge in [-0.15, -0.1) is 0 Å². The number of methoxy groups -OCH3 is 1. The monoisotopic (exact) mass is 300 g/mol. The smallest absolute Gasteiger partial charge is 0.133 e. The van der Waals surface area contributed by atoms with Crippen LogP contribution in [0.3, 0.4) is 0 Å². The third kappa shape index (κ3) is 4.56. The molecule has 0 aromatic heterocycles. The molecule has 17 heavy (non-hydrogen) atoms. The SMILES string of the molecule is COc1ccc(N(C)CCNC(C)C)cc1Br. The van der Waals surface area contributed by atoms with Gasteiger partial charge >= 0.3 is 0 Å². The molecule has 0 aliphatic rings. The maximum atomic E-state index is 5.21. The van der Waals surface area contributed by atoms with E-state index in [1.54, 1.807) is 7.11 Å². The summed E-state index contributed by atoms with van der Waals surface area (Å²) >= 11 is 3.50. The molecule has 0 atom stereocenters. The molecule has 3 nitrogen and oxygen atoms in total. The molecule has 0 amide bonds. The number of likely N-dealkylation sites (N-methyl/N-ethyl adjacent to an activating group) is 1. The highest BCUT2D eigenvalue weighted by atomic mass is 79.9. The molecule has 1 aromatic carbocycles. The Bertz CT molecular complexity index is 355. The van der Waals surface area contributed by atoms with Crippen molar-refractivity contribution >= 4 is 21.6 Å². The maximum Gasteiger partial charge on any atom is 0.133 e. The minimum Gasteiger partial charge on any atom is -0.496 e. The Kier molecular flexibility index (Phi) is 5.78. The van der Waals surface area contributed by atoms with Gasteiger partial charge in [0, 0.05) is 31.9 Å². The van der Waals surface area contributed by atoms with Crippen LogP contribution in [0.5, 0.6) is 5.75 Å². The van der Waals surface area contributed by atoms with Gasteiger partial charge in [0.1, 0.15) is 5.75 Å². The van der Waals surface area contributed by atoms with Gasteiger partial charge in [-0.1, -0.05) is 13.8 Å². The number of rotatable bonds is 6. The summed E-state index contributed by atoms with van der Waals surface area (Å²) in [4.78, 5) is 2.22. The second-order valence-corrected chi connectivity index (χ2v) is 5.20. The van der Waals surface area contributed by atoms with Crippen molar-refractivity contribution in [1.29, 1.82) is 0 Å². The van der Waals surface area contributed by atoms with E-state index in [0.29, 0.717) is 6.04 Å². The van der Waals surface area contributed by atoms with Crippen molar-refractivity contribution in [3.63, 3.8) is 0 Å². The quantitative estimate of drug-likeness (QED) is 0.874. The van der Waals surface area contributed by atoms with Crippen molar-refractivity contribution in [2.45, 2.75) is 19.9 Å². The molecule has 0 fully saturated rings. The van der Waals surface area contributed by atoms with E-state index >= 15 is 0 Å². The first kappa shape index (κ1) is 14.3. The first-order valence-corrected chi connectivity index (χ1v) is 6.62. The number of halogens is 1. The fraction of sp³-hybridized carbons (Fsp3) is 0.538. The molecule has 4 heteroatoms. The standard InChI is InChI=1S/C13H21BrN2O/c1-10(2)15-7-8-16(3)11-5-6-13(17-4)12(14)9-11/h5-6,9-10,15H,7-8H2,1-4H3. The summed E-state index contributed by atoms with van der Waals surface area (Å²) in [6, 6.07) is 6.66. The molecule has 0 saturated heterocycles. The number of benzene rings is 1. The normalized spacial score (nSPS) is 10.7. The van der Waals surface area contributed by atoms with Crippen LogP contribution in [-0.4, -0.2) is 33.3 Å². The summed E-state index contributed by atoms with van der Waals surface area (Å²) in [7, 11) is 3.77. The summed E-state index contributed by atoms with van der Waals surface area (Å²) in [6.07, 6.45) is 0. The van der Waals surface area contributed by atoms with Crippen LogP contribution in [-0.2, 0) is 0 Å². The molecule has 96 valence electrons. The van der Waals surface area contributed by atoms with Crippen LogP contribution in [0, 0.1) is 0 Å². The van der Waals surface area contributed by atoms with Gasteiger partial charge in [0.15, 0.2) is 0 Å². The fourth-order valence-electron chi connectivity index (χ4n) is 1.54. The predicted octanol–water partition coefficient (Wildman–Crippen LogP) is 2.89. The van der Waals surface area contributed by atoms with Crippen molar-refractivity contribution in [3.05, 3.63) is 22.7 Å². The Morgan fingerprint density at radius 3 is 2.65 bits per heavy atom. The summed E-state index contributed by atoms with van der Waals surface area (Å²) < 4.78 is 6.20. The number of nitrogens with one attached hydrogen (secondary N) is 1. The average Bonchev–Trinajstić information content (AvgIpc) is 2.28. The molecule has 0 aliphatic carbocycles. The van der Waals surface area contributed by atoms with E-state index in [-0.39, 0.29) is 0 Å². The van der Waals surface area contributed by atoms with Crippen molar-refractivity contribution in [1.82, 2.24) is 5.32 Å². The van der Waals surface area contributed by atoms with Crippen molar-refractivity contribution in [2.75, 3.05) is 32.1 Å². The molecule has 0 unspecified atom stereocenters. The van der Waals surface area contributed by atoms with E-state index < -0.39 is 0 Å². The fourth-order valence-corrected chi connectivity index (χ4v) is 2.07. The molecule has 1 rings (SSSR count). The minimum absolute atomic E-state index is 0.533. The Labute approximate surface area is 112 Å². The number of hydrogen-bond donors (Lipinski definition) is 1. The van der Waals surface area contributed by atoms with Gasteiger partial charge in [0.05, 0.1) is 11.6 Å². The van der Waals surface area contributed by atoms with Gasteiger partial charge in [-0.25, -0.2) is 0 Å². The summed E-state index contributed by atoms with van der Waals surface area (Å²) in [6.45, 7) is 6.28. The van der Waals surface area contributed by atoms with E-state index in [2.05, 4.69) is 59.2 Å². The van der Waals surface area contributed by atoms with E-state index in [9.17, 15) is 0 Å². The van der Waals surface area contributed by atoms with Gasteiger partial charge in [0.2, 0.25) is 0 Å². The van der Waals surface area contributed by atoms with Crippen molar-refractivity contribution in [3.8, 4) is 5.75 Å². The molecule has 0 saturated carbocycles. The zero-order valence-corrected chi connectivity index (χ0v) is 12.5. The van der Waals surface area contributed by atoms with Crippen LogP contribution in [0.1, 0.15) is 13.8 Å². The highest BCUT2D eigenvalue weighted by Gasteiger charge is 2.05. The van der Waals surface area contributed by atoms with Crippen molar-refractivity contribution in [2.24, 2.45) is 0 Å². The second-order valence-electron chi connectivity index (χ2n) is 4.35. The number of ether oxygens (including phenoxy) is 1. The lowest BCUT2D eigenvalue weighted by Gasteiger charge is -2.21. The minimum atomic E-state index is 0.533. The highest BCUT2D eigenvalue weighted by Crippen LogP contribution is 2.28. The van der Waals surface area contributed by atoms with Crippen LogP contribution < -0.4 is 15.0 Å². The highest BCUT2D eigenvalue weighted by molar-refractivity contribution is 9.10. The lowest BCUT2D eigenvalue weighted by molar-refractivity contribution is 0.412. The lowest BCUT2D eigenvalue weighted by Crippen LogP contribution is -2.32. The molecule has 0 aliphatic heterocycles. The topological polar surface area (TPSA) is 24.5 Å². The molecule has 0 bridgehead atoms. The average molecular weight is 301 g/mol. The third-order valence-electron chi connectivity index (χ3n) is 2.58. The zero-order chi connectivity index (χ0) is 12.8. The van der Waals surface area contributed by atoms with Crippen LogP contribution in [0.25, 0.3) is 0 Å². The third-order valence-corrected chi connectivity index (χ3v) is 3.20. The van der Waals surface area contributed by atoms with Crippen molar-refractivity contribution < 1.29 is 4.74 Å². The summed E-state index contributed by atoms with van der Waals surface area (Å²) in [5.74, 6) is 0.863. The number of nitrogens with zero attached hydrogens (tertiary/aromatic N) is 1. The Hall–Kier alpha value is -0.740. The molecule has 1 aromatic rings. The summed E-state index contributed by atoms with van der Waals surface area (Å²) in [5.41, 5.74) is 1.18. The van der Waals surface area contributed by atoms with Gasteiger partial charge in [-0.3, -0.25) is 0 Å². The Morgan fingerprint density at radius 2 is 2.12 bits per heavy atom. The lowest BCUT2D eigenvalue weighted by atomic mass is 10.3. The number of hydrogen-bond acceptors (Lipinski definition) is 3. The van der Waals surface area contributed by atoms with Crippen LogP contribution in [0.4, 0.5) is 5.69 Å². The largest absolute Gasteiger partial charge is 0.496 e. The predicted molar refractivity (Wildman–Crippen MR) is 77.1 cm³/mol. The molecular formula is C13H21BrN2O. The second kappa shape index (κ2) is 6.87. The zero-order valence-electron chi connectivity index (χ0n) is 11.0. The Morgan fingerprint density at radius 1 is 1.41 bits per heavy atom. The number of anilines is 1. The summed E-state index contributed by atoms with van der Waals surface area (Å²) in [5, 5.41) is 3.41. The first-order chi connectivity index (χ1) is 8.04. The first-order valence-electron chi connectivity index (χ1n) is 5.82. The van der Waals surface area contributed by atoms with Gasteiger partial charge in [-0.2, -0.15) is 0 Å². The maximum absolute atomic E-state index is 5.21. The molecular weight excluding hydrogens is 280 g/mol. The molecule has 0 radical (unpaired) electrons. The Balaban J connectivity index is 2.57. The molecule has 1 N–H and O–H groups in total. The van der Waals surface area contributed by atoms with Crippen LogP contribution in [0.15, 0.2) is 22.7 Å². The van der Waals surface area contributed by atoms with Crippen LogP contribution in [0.2, 0.25) is 0 Å². The van der Waals surface area contributed by atoms with Gasteiger partial charge in [0.25, 0.3) is 0 Å². The van der Waals surface area contributed by atoms with Gasteiger partial charge < -0.3 is 15.0 Å². The molecule has 0 heterocycles. The van der Waals surface area contributed by atoms with Gasteiger partial charge in [-0.05, 0) is 34.1 Å². The van der Waals surface area contributed by atoms with E-state index in [0.717, 1.165) is 23.3 Å². The van der Waals surface area contributed by atoms with E-state index in [4.69, 9.17) is 4.74 Å². The van der Waals surface area contributed by atoms with E-state index in [1.165, 1.54) is 5.69 Å².